The van der Waals surface area contributed by atoms with Crippen molar-refractivity contribution in [3.05, 3.63) is 59.6 Å². The zero-order valence-corrected chi connectivity index (χ0v) is 15.0. The minimum Gasteiger partial charge on any atom is -0.471 e. The van der Waals surface area contributed by atoms with Crippen LogP contribution in [0.1, 0.15) is 29.8 Å². The summed E-state index contributed by atoms with van der Waals surface area (Å²) in [4.78, 5) is 17.1. The van der Waals surface area contributed by atoms with Gasteiger partial charge < -0.3 is 9.47 Å². The minimum absolute atomic E-state index is 0.0248. The summed E-state index contributed by atoms with van der Waals surface area (Å²) < 4.78 is 24.6. The van der Waals surface area contributed by atoms with Crippen LogP contribution in [0.5, 0.6) is 11.9 Å². The van der Waals surface area contributed by atoms with Crippen LogP contribution in [0.4, 0.5) is 4.39 Å². The molecule has 0 atom stereocenters. The first-order valence-electron chi connectivity index (χ1n) is 8.86. The van der Waals surface area contributed by atoms with Gasteiger partial charge in [-0.15, -0.1) is 0 Å². The molecule has 3 aromatic rings. The average molecular weight is 366 g/mol. The van der Waals surface area contributed by atoms with Gasteiger partial charge in [0, 0.05) is 35.9 Å². The predicted octanol–water partition coefficient (Wildman–Crippen LogP) is 3.54. The molecule has 27 heavy (non-hydrogen) atoms. The number of methoxy groups -OCH3 is 1. The Kier molecular flexibility index (Phi) is 4.91. The molecule has 0 N–H and O–H groups in total. The Labute approximate surface area is 156 Å². The number of pyridine rings is 2. The van der Waals surface area contributed by atoms with Gasteiger partial charge in [0.05, 0.1) is 7.11 Å². The third kappa shape index (κ3) is 3.72. The highest BCUT2D eigenvalue weighted by Crippen LogP contribution is 2.33. The van der Waals surface area contributed by atoms with Crippen molar-refractivity contribution in [3.63, 3.8) is 0 Å². The van der Waals surface area contributed by atoms with Crippen molar-refractivity contribution in [2.45, 2.75) is 32.3 Å². The first-order chi connectivity index (χ1) is 13.2. The van der Waals surface area contributed by atoms with E-state index in [9.17, 15) is 4.39 Å². The summed E-state index contributed by atoms with van der Waals surface area (Å²) >= 11 is 0. The third-order valence-corrected chi connectivity index (χ3v) is 4.59. The summed E-state index contributed by atoms with van der Waals surface area (Å²) in [6.45, 7) is 0.0248. The Bertz CT molecular complexity index is 947. The third-order valence-electron chi connectivity index (χ3n) is 4.59. The number of nitrogens with zero attached hydrogens (tertiary/aromatic N) is 4. The predicted molar refractivity (Wildman–Crippen MR) is 97.0 cm³/mol. The molecule has 0 amide bonds. The lowest BCUT2D eigenvalue weighted by Crippen LogP contribution is -2.10. The Morgan fingerprint density at radius 3 is 2.70 bits per heavy atom. The van der Waals surface area contributed by atoms with Gasteiger partial charge in [0.2, 0.25) is 5.88 Å². The molecule has 3 aromatic heterocycles. The van der Waals surface area contributed by atoms with Crippen molar-refractivity contribution in [2.75, 3.05) is 7.11 Å². The molecule has 0 fully saturated rings. The smallest absolute Gasteiger partial charge is 0.316 e. The molecule has 0 aliphatic heterocycles. The number of hydrogen-bond acceptors (Lipinski definition) is 6. The van der Waals surface area contributed by atoms with Crippen LogP contribution in [0.2, 0.25) is 0 Å². The van der Waals surface area contributed by atoms with Gasteiger partial charge in [0.1, 0.15) is 18.1 Å². The molecule has 6 nitrogen and oxygen atoms in total. The highest BCUT2D eigenvalue weighted by Gasteiger charge is 2.19. The van der Waals surface area contributed by atoms with Crippen molar-refractivity contribution in [1.82, 2.24) is 19.9 Å². The second kappa shape index (κ2) is 7.65. The van der Waals surface area contributed by atoms with E-state index in [4.69, 9.17) is 9.47 Å². The summed E-state index contributed by atoms with van der Waals surface area (Å²) in [6.07, 6.45) is 9.08. The van der Waals surface area contributed by atoms with Crippen LogP contribution in [0.25, 0.3) is 11.1 Å². The molecule has 0 spiro atoms. The zero-order valence-electron chi connectivity index (χ0n) is 15.0. The summed E-state index contributed by atoms with van der Waals surface area (Å²) in [5, 5.41) is 0. The molecular weight excluding hydrogens is 347 g/mol. The molecule has 1 aliphatic rings. The average Bonchev–Trinajstić information content (AvgIpc) is 2.72. The van der Waals surface area contributed by atoms with Crippen LogP contribution in [0, 0.1) is 5.82 Å². The second-order valence-corrected chi connectivity index (χ2v) is 6.32. The number of halogens is 1. The van der Waals surface area contributed by atoms with E-state index in [-0.39, 0.29) is 18.1 Å². The van der Waals surface area contributed by atoms with E-state index in [1.807, 2.05) is 6.07 Å². The molecule has 0 bridgehead atoms. The van der Waals surface area contributed by atoms with Crippen molar-refractivity contribution in [3.8, 4) is 23.0 Å². The maximum Gasteiger partial charge on any atom is 0.316 e. The fraction of sp³-hybridized carbons (Fsp3) is 0.300. The quantitative estimate of drug-likeness (QED) is 0.688. The summed E-state index contributed by atoms with van der Waals surface area (Å²) in [5.41, 5.74) is 4.35. The van der Waals surface area contributed by atoms with Crippen LogP contribution < -0.4 is 9.47 Å². The number of hydrogen-bond donors (Lipinski definition) is 0. The van der Waals surface area contributed by atoms with Gasteiger partial charge >= 0.3 is 6.01 Å². The molecule has 0 aromatic carbocycles. The molecule has 7 heteroatoms. The Hall–Kier alpha value is -3.09. The lowest BCUT2D eigenvalue weighted by molar-refractivity contribution is 0.281. The van der Waals surface area contributed by atoms with Crippen molar-refractivity contribution >= 4 is 0 Å². The summed E-state index contributed by atoms with van der Waals surface area (Å²) in [7, 11) is 1.53. The second-order valence-electron chi connectivity index (χ2n) is 6.32. The SMILES string of the molecule is COc1ncc(-c2cc(OCc3ncccc3F)nc3c2CCCC3)cn1. The monoisotopic (exact) mass is 366 g/mol. The molecule has 4 rings (SSSR count). The van der Waals surface area contributed by atoms with Crippen LogP contribution in [0.15, 0.2) is 36.8 Å². The Balaban J connectivity index is 1.67. The fourth-order valence-corrected chi connectivity index (χ4v) is 3.24. The van der Waals surface area contributed by atoms with Gasteiger partial charge in [0.15, 0.2) is 0 Å². The van der Waals surface area contributed by atoms with Gasteiger partial charge in [0.25, 0.3) is 0 Å². The van der Waals surface area contributed by atoms with Gasteiger partial charge in [-0.3, -0.25) is 4.98 Å². The first kappa shape index (κ1) is 17.3. The van der Waals surface area contributed by atoms with Crippen LogP contribution in [-0.4, -0.2) is 27.0 Å². The first-order valence-corrected chi connectivity index (χ1v) is 8.86. The highest BCUT2D eigenvalue weighted by atomic mass is 19.1. The number of fused-ring (bicyclic) bond motifs is 1. The van der Waals surface area contributed by atoms with Crippen molar-refractivity contribution in [2.24, 2.45) is 0 Å². The fourth-order valence-electron chi connectivity index (χ4n) is 3.24. The molecule has 0 unspecified atom stereocenters. The molecule has 0 saturated carbocycles. The van der Waals surface area contributed by atoms with Crippen LogP contribution in [-0.2, 0) is 19.4 Å². The molecule has 1 aliphatic carbocycles. The molecular formula is C20H19FN4O2. The van der Waals surface area contributed by atoms with Crippen molar-refractivity contribution < 1.29 is 13.9 Å². The van der Waals surface area contributed by atoms with E-state index in [1.54, 1.807) is 24.7 Å². The highest BCUT2D eigenvalue weighted by molar-refractivity contribution is 5.68. The number of aryl methyl sites for hydroxylation is 1. The number of ether oxygens (including phenoxy) is 2. The minimum atomic E-state index is -0.390. The largest absolute Gasteiger partial charge is 0.471 e. The topological polar surface area (TPSA) is 70.0 Å². The maximum atomic E-state index is 13.8. The van der Waals surface area contributed by atoms with Gasteiger partial charge in [-0.1, -0.05) is 0 Å². The van der Waals surface area contributed by atoms with E-state index in [2.05, 4.69) is 19.9 Å². The lowest BCUT2D eigenvalue weighted by Gasteiger charge is -2.20. The van der Waals surface area contributed by atoms with E-state index in [1.165, 1.54) is 18.7 Å². The van der Waals surface area contributed by atoms with Gasteiger partial charge in [-0.25, -0.2) is 19.3 Å². The zero-order chi connectivity index (χ0) is 18.6. The van der Waals surface area contributed by atoms with Gasteiger partial charge in [-0.2, -0.15) is 0 Å². The van der Waals surface area contributed by atoms with E-state index in [0.717, 1.165) is 42.5 Å². The van der Waals surface area contributed by atoms with E-state index in [0.29, 0.717) is 11.9 Å². The molecule has 138 valence electrons. The summed E-state index contributed by atoms with van der Waals surface area (Å²) in [6, 6.07) is 5.11. The lowest BCUT2D eigenvalue weighted by atomic mass is 9.90. The molecule has 3 heterocycles. The van der Waals surface area contributed by atoms with Gasteiger partial charge in [-0.05, 0) is 48.9 Å². The summed E-state index contributed by atoms with van der Waals surface area (Å²) in [5.74, 6) is 0.0609. The normalized spacial score (nSPS) is 13.1. The Morgan fingerprint density at radius 1 is 1.11 bits per heavy atom. The Morgan fingerprint density at radius 2 is 1.93 bits per heavy atom. The molecule has 0 radical (unpaired) electrons. The number of aromatic nitrogens is 4. The van der Waals surface area contributed by atoms with Crippen LogP contribution in [0.3, 0.4) is 0 Å². The standard InChI is InChI=1S/C20H19FN4O2/c1-26-20-23-10-13(11-24-20)15-9-19(25-17-7-3-2-5-14(15)17)27-12-18-16(21)6-4-8-22-18/h4,6,8-11H,2-3,5,7,12H2,1H3. The van der Waals surface area contributed by atoms with Crippen LogP contribution >= 0.6 is 0 Å². The maximum absolute atomic E-state index is 13.8. The van der Waals surface area contributed by atoms with E-state index >= 15 is 0 Å². The van der Waals surface area contributed by atoms with Crippen molar-refractivity contribution in [1.29, 1.82) is 0 Å². The molecule has 0 saturated heterocycles. The number of rotatable bonds is 5. The van der Waals surface area contributed by atoms with E-state index < -0.39 is 0 Å².